The van der Waals surface area contributed by atoms with Crippen LogP contribution >= 0.6 is 0 Å². The van der Waals surface area contributed by atoms with Crippen LogP contribution in [0.2, 0.25) is 0 Å². The van der Waals surface area contributed by atoms with E-state index in [1.54, 1.807) is 0 Å². The molecule has 0 aromatic rings. The normalized spacial score (nSPS) is 27.1. The second kappa shape index (κ2) is 5.50. The fourth-order valence-electron chi connectivity index (χ4n) is 2.69. The highest BCUT2D eigenvalue weighted by molar-refractivity contribution is 5.78. The Morgan fingerprint density at radius 2 is 2.07 bits per heavy atom. The summed E-state index contributed by atoms with van der Waals surface area (Å²) in [4.78, 5) is 11.7. The lowest BCUT2D eigenvalue weighted by Gasteiger charge is -2.12. The Balaban J connectivity index is 1.58. The molecule has 1 aliphatic carbocycles. The molecule has 2 N–H and O–H groups in total. The standard InChI is InChI=1S/C12H22N2O/c15-12(11-3-1-2-4-11)14-8-6-10-5-7-13-9-10/h10-11,13H,1-9H2,(H,14,15). The Labute approximate surface area is 92.0 Å². The Bertz CT molecular complexity index is 206. The second-order valence-electron chi connectivity index (χ2n) is 4.92. The van der Waals surface area contributed by atoms with Crippen molar-refractivity contribution in [2.75, 3.05) is 19.6 Å². The molecular formula is C12H22N2O. The summed E-state index contributed by atoms with van der Waals surface area (Å²) >= 11 is 0. The zero-order valence-electron chi connectivity index (χ0n) is 9.43. The molecule has 0 aromatic carbocycles. The number of carbonyl (C=O) groups excluding carboxylic acids is 1. The summed E-state index contributed by atoms with van der Waals surface area (Å²) in [6, 6.07) is 0. The minimum absolute atomic E-state index is 0.304. The first-order chi connectivity index (χ1) is 7.36. The van der Waals surface area contributed by atoms with E-state index in [0.29, 0.717) is 11.8 Å². The van der Waals surface area contributed by atoms with Crippen LogP contribution in [0.3, 0.4) is 0 Å². The maximum absolute atomic E-state index is 11.7. The van der Waals surface area contributed by atoms with Crippen LogP contribution in [0.15, 0.2) is 0 Å². The van der Waals surface area contributed by atoms with Crippen molar-refractivity contribution < 1.29 is 4.79 Å². The van der Waals surface area contributed by atoms with E-state index < -0.39 is 0 Å². The summed E-state index contributed by atoms with van der Waals surface area (Å²) in [7, 11) is 0. The van der Waals surface area contributed by atoms with Crippen molar-refractivity contribution in [3.05, 3.63) is 0 Å². The molecule has 2 aliphatic rings. The van der Waals surface area contributed by atoms with Crippen LogP contribution in [0.5, 0.6) is 0 Å². The number of nitrogens with one attached hydrogen (secondary N) is 2. The first-order valence-electron chi connectivity index (χ1n) is 6.34. The van der Waals surface area contributed by atoms with Gasteiger partial charge in [0.2, 0.25) is 5.91 Å². The van der Waals surface area contributed by atoms with Crippen LogP contribution < -0.4 is 10.6 Å². The van der Waals surface area contributed by atoms with E-state index >= 15 is 0 Å². The highest BCUT2D eigenvalue weighted by Crippen LogP contribution is 2.24. The summed E-state index contributed by atoms with van der Waals surface area (Å²) < 4.78 is 0. The minimum Gasteiger partial charge on any atom is -0.356 e. The zero-order chi connectivity index (χ0) is 10.5. The van der Waals surface area contributed by atoms with Crippen LogP contribution in [-0.2, 0) is 4.79 Å². The maximum atomic E-state index is 11.7. The molecule has 0 radical (unpaired) electrons. The lowest BCUT2D eigenvalue weighted by Crippen LogP contribution is -2.31. The number of amides is 1. The molecule has 86 valence electrons. The molecule has 2 fully saturated rings. The van der Waals surface area contributed by atoms with Gasteiger partial charge in [-0.25, -0.2) is 0 Å². The van der Waals surface area contributed by atoms with E-state index in [0.717, 1.165) is 44.8 Å². The van der Waals surface area contributed by atoms with Gasteiger partial charge in [0.1, 0.15) is 0 Å². The fourth-order valence-corrected chi connectivity index (χ4v) is 2.69. The van der Waals surface area contributed by atoms with Gasteiger partial charge in [0.15, 0.2) is 0 Å². The number of hydrogen-bond acceptors (Lipinski definition) is 2. The molecule has 0 aromatic heterocycles. The smallest absolute Gasteiger partial charge is 0.223 e. The molecular weight excluding hydrogens is 188 g/mol. The molecule has 1 heterocycles. The third-order valence-electron chi connectivity index (χ3n) is 3.74. The average Bonchev–Trinajstić information content (AvgIpc) is 2.90. The molecule has 0 bridgehead atoms. The third-order valence-corrected chi connectivity index (χ3v) is 3.74. The van der Waals surface area contributed by atoms with Gasteiger partial charge in [0.05, 0.1) is 0 Å². The molecule has 3 heteroatoms. The van der Waals surface area contributed by atoms with Crippen molar-refractivity contribution in [2.45, 2.75) is 38.5 Å². The highest BCUT2D eigenvalue weighted by atomic mass is 16.1. The van der Waals surface area contributed by atoms with Crippen molar-refractivity contribution in [2.24, 2.45) is 11.8 Å². The summed E-state index contributed by atoms with van der Waals surface area (Å²) in [5.74, 6) is 1.42. The van der Waals surface area contributed by atoms with Gasteiger partial charge in [-0.3, -0.25) is 4.79 Å². The monoisotopic (exact) mass is 210 g/mol. The quantitative estimate of drug-likeness (QED) is 0.734. The van der Waals surface area contributed by atoms with Crippen molar-refractivity contribution in [3.8, 4) is 0 Å². The first kappa shape index (κ1) is 10.9. The van der Waals surface area contributed by atoms with Gasteiger partial charge in [-0.15, -0.1) is 0 Å². The molecule has 1 atom stereocenters. The molecule has 15 heavy (non-hydrogen) atoms. The summed E-state index contributed by atoms with van der Waals surface area (Å²) in [6.45, 7) is 3.17. The van der Waals surface area contributed by atoms with E-state index in [4.69, 9.17) is 0 Å². The largest absolute Gasteiger partial charge is 0.356 e. The molecule has 3 nitrogen and oxygen atoms in total. The lowest BCUT2D eigenvalue weighted by molar-refractivity contribution is -0.124. The summed E-state index contributed by atoms with van der Waals surface area (Å²) in [5, 5.41) is 6.44. The van der Waals surface area contributed by atoms with Crippen LogP contribution in [0.1, 0.15) is 38.5 Å². The van der Waals surface area contributed by atoms with Gasteiger partial charge in [0, 0.05) is 12.5 Å². The Morgan fingerprint density at radius 3 is 2.73 bits per heavy atom. The molecule has 1 saturated heterocycles. The SMILES string of the molecule is O=C(NCCC1CCNC1)C1CCCC1. The van der Waals surface area contributed by atoms with Crippen LogP contribution in [-0.4, -0.2) is 25.5 Å². The predicted octanol–water partition coefficient (Wildman–Crippen LogP) is 1.29. The fraction of sp³-hybridized carbons (Fsp3) is 0.917. The van der Waals surface area contributed by atoms with Crippen LogP contribution in [0.4, 0.5) is 0 Å². The number of hydrogen-bond donors (Lipinski definition) is 2. The van der Waals surface area contributed by atoms with E-state index in [2.05, 4.69) is 10.6 Å². The van der Waals surface area contributed by atoms with Crippen molar-refractivity contribution in [3.63, 3.8) is 0 Å². The topological polar surface area (TPSA) is 41.1 Å². The first-order valence-corrected chi connectivity index (χ1v) is 6.34. The van der Waals surface area contributed by atoms with E-state index in [9.17, 15) is 4.79 Å². The third kappa shape index (κ3) is 3.20. The van der Waals surface area contributed by atoms with Crippen molar-refractivity contribution in [1.29, 1.82) is 0 Å². The average molecular weight is 210 g/mol. The molecule has 2 rings (SSSR count). The Hall–Kier alpha value is -0.570. The van der Waals surface area contributed by atoms with Gasteiger partial charge in [-0.05, 0) is 44.7 Å². The molecule has 0 spiro atoms. The molecule has 1 amide bonds. The molecule has 1 aliphatic heterocycles. The van der Waals surface area contributed by atoms with Gasteiger partial charge in [-0.1, -0.05) is 12.8 Å². The number of carbonyl (C=O) groups is 1. The van der Waals surface area contributed by atoms with Crippen LogP contribution in [0, 0.1) is 11.8 Å². The Kier molecular flexibility index (Phi) is 4.01. The van der Waals surface area contributed by atoms with Gasteiger partial charge in [-0.2, -0.15) is 0 Å². The summed E-state index contributed by atoms with van der Waals surface area (Å²) in [6.07, 6.45) is 7.12. The van der Waals surface area contributed by atoms with E-state index in [1.165, 1.54) is 19.3 Å². The molecule has 1 unspecified atom stereocenters. The van der Waals surface area contributed by atoms with E-state index in [-0.39, 0.29) is 0 Å². The van der Waals surface area contributed by atoms with Gasteiger partial charge in [0.25, 0.3) is 0 Å². The number of rotatable bonds is 4. The molecule has 1 saturated carbocycles. The van der Waals surface area contributed by atoms with Crippen molar-refractivity contribution in [1.82, 2.24) is 10.6 Å². The Morgan fingerprint density at radius 1 is 1.27 bits per heavy atom. The minimum atomic E-state index is 0.304. The van der Waals surface area contributed by atoms with Gasteiger partial charge >= 0.3 is 0 Å². The van der Waals surface area contributed by atoms with Crippen molar-refractivity contribution >= 4 is 5.91 Å². The van der Waals surface area contributed by atoms with Crippen LogP contribution in [0.25, 0.3) is 0 Å². The maximum Gasteiger partial charge on any atom is 0.223 e. The second-order valence-corrected chi connectivity index (χ2v) is 4.92. The highest BCUT2D eigenvalue weighted by Gasteiger charge is 2.22. The predicted molar refractivity (Wildman–Crippen MR) is 60.6 cm³/mol. The van der Waals surface area contributed by atoms with Gasteiger partial charge < -0.3 is 10.6 Å². The lowest BCUT2D eigenvalue weighted by atomic mass is 10.0. The van der Waals surface area contributed by atoms with E-state index in [1.807, 2.05) is 0 Å². The summed E-state index contributed by atoms with van der Waals surface area (Å²) in [5.41, 5.74) is 0. The zero-order valence-corrected chi connectivity index (χ0v) is 9.43.